The monoisotopic (exact) mass is 692 g/mol. The molecule has 8 rings (SSSR count). The van der Waals surface area contributed by atoms with Crippen molar-refractivity contribution in [1.29, 1.82) is 0 Å². The van der Waals surface area contributed by atoms with Crippen LogP contribution in [0.4, 0.5) is 24.7 Å². The Hall–Kier alpha value is -5.22. The number of anilines is 2. The van der Waals surface area contributed by atoms with E-state index in [-0.39, 0.29) is 41.8 Å². The fourth-order valence-corrected chi connectivity index (χ4v) is 6.97. The summed E-state index contributed by atoms with van der Waals surface area (Å²) >= 11 is 0. The van der Waals surface area contributed by atoms with Crippen LogP contribution >= 0.6 is 0 Å². The predicted octanol–water partition coefficient (Wildman–Crippen LogP) is 4.97. The van der Waals surface area contributed by atoms with Gasteiger partial charge in [-0.15, -0.1) is 0 Å². The minimum Gasteiger partial charge on any atom is -0.481 e. The topological polar surface area (TPSA) is 145 Å². The molecule has 0 saturated carbocycles. The minimum atomic E-state index is -4.90. The summed E-state index contributed by atoms with van der Waals surface area (Å²) in [6.45, 7) is 3.71. The molecule has 3 fully saturated rings. The predicted molar refractivity (Wildman–Crippen MR) is 172 cm³/mol. The number of furan rings is 1. The van der Waals surface area contributed by atoms with Crippen LogP contribution in [0.1, 0.15) is 19.2 Å². The fraction of sp³-hybridized carbons (Fsp3) is 0.382. The number of aromatic nitrogens is 4. The van der Waals surface area contributed by atoms with Gasteiger partial charge in [-0.2, -0.15) is 13.2 Å². The molecule has 50 heavy (non-hydrogen) atoms. The molecule has 0 aliphatic carbocycles. The van der Waals surface area contributed by atoms with Crippen molar-refractivity contribution in [3.63, 3.8) is 0 Å². The van der Waals surface area contributed by atoms with E-state index in [2.05, 4.69) is 19.9 Å². The third kappa shape index (κ3) is 5.29. The Balaban J connectivity index is 1.19. The zero-order chi connectivity index (χ0) is 34.8. The fourth-order valence-electron chi connectivity index (χ4n) is 6.97. The van der Waals surface area contributed by atoms with Gasteiger partial charge in [0.15, 0.2) is 11.4 Å². The van der Waals surface area contributed by atoms with Crippen LogP contribution < -0.4 is 19.3 Å². The standard InChI is InChI=1S/C34H31F3N6O7/c1-18-33(16-47-17-33)48-11-10-42(18)23-12-19(21-7-5-9-38-29(21)46-2)14-39-30(23)49-20-13-24(31(44)45)43(15-20)28-27-26(40-32(41-28)34(35,36)37)22-6-3-4-8-25(22)50-27/h3-9,12,14,18,20,24H,10-11,13,15-17H2,1-2H3,(H,44,45)/t18-,20-,24-/m0/s1. The average Bonchev–Trinajstić information content (AvgIpc) is 3.69. The van der Waals surface area contributed by atoms with Crippen LogP contribution in [0, 0.1) is 0 Å². The van der Waals surface area contributed by atoms with Gasteiger partial charge >= 0.3 is 12.1 Å². The van der Waals surface area contributed by atoms with Crippen LogP contribution in [0.15, 0.2) is 59.3 Å². The van der Waals surface area contributed by atoms with Gasteiger partial charge in [0.2, 0.25) is 17.6 Å². The van der Waals surface area contributed by atoms with E-state index in [1.165, 1.54) is 12.0 Å². The molecule has 3 atom stereocenters. The molecule has 0 amide bonds. The lowest BCUT2D eigenvalue weighted by Crippen LogP contribution is -2.68. The highest BCUT2D eigenvalue weighted by Gasteiger charge is 2.50. The number of ether oxygens (including phenoxy) is 4. The highest BCUT2D eigenvalue weighted by atomic mass is 19.4. The Kier molecular flexibility index (Phi) is 7.67. The van der Waals surface area contributed by atoms with E-state index in [0.29, 0.717) is 60.0 Å². The Bertz CT molecular complexity index is 2110. The van der Waals surface area contributed by atoms with Crippen molar-refractivity contribution in [2.45, 2.75) is 43.3 Å². The van der Waals surface area contributed by atoms with E-state index in [0.717, 1.165) is 0 Å². The lowest BCUT2D eigenvalue weighted by molar-refractivity contribution is -0.228. The van der Waals surface area contributed by atoms with Crippen molar-refractivity contribution in [2.24, 2.45) is 0 Å². The molecule has 0 unspecified atom stereocenters. The summed E-state index contributed by atoms with van der Waals surface area (Å²) in [5.41, 5.74) is 1.71. The SMILES string of the molecule is COc1ncccc1-c1cnc(O[C@H]2C[C@@H](C(=O)O)N(c3nc(C(F)(F)F)nc4c3oc3ccccc34)C2)c(N2CCOC3(COC3)[C@@H]2C)c1. The number of alkyl halides is 3. The first kappa shape index (κ1) is 32.0. The van der Waals surface area contributed by atoms with Gasteiger partial charge in [0.25, 0.3) is 0 Å². The Morgan fingerprint density at radius 2 is 1.90 bits per heavy atom. The second kappa shape index (κ2) is 12.0. The zero-order valence-corrected chi connectivity index (χ0v) is 26.9. The van der Waals surface area contributed by atoms with E-state index < -0.39 is 35.7 Å². The van der Waals surface area contributed by atoms with Crippen LogP contribution in [0.3, 0.4) is 0 Å². The largest absolute Gasteiger partial charge is 0.481 e. The number of hydrogen-bond acceptors (Lipinski definition) is 12. The van der Waals surface area contributed by atoms with Crippen molar-refractivity contribution >= 4 is 39.5 Å². The summed E-state index contributed by atoms with van der Waals surface area (Å²) in [4.78, 5) is 32.7. The molecule has 16 heteroatoms. The van der Waals surface area contributed by atoms with Gasteiger partial charge in [-0.05, 0) is 37.3 Å². The third-order valence-corrected chi connectivity index (χ3v) is 9.61. The summed E-state index contributed by atoms with van der Waals surface area (Å²) in [5, 5.41) is 10.7. The number of para-hydroxylation sites is 1. The summed E-state index contributed by atoms with van der Waals surface area (Å²) in [5.74, 6) is -2.31. The summed E-state index contributed by atoms with van der Waals surface area (Å²) in [6, 6.07) is 10.7. The van der Waals surface area contributed by atoms with Gasteiger partial charge in [0, 0.05) is 41.9 Å². The van der Waals surface area contributed by atoms with Crippen LogP contribution in [0.2, 0.25) is 0 Å². The molecule has 4 aromatic heterocycles. The molecule has 1 aromatic carbocycles. The smallest absolute Gasteiger partial charge is 0.451 e. The van der Waals surface area contributed by atoms with Crippen molar-refractivity contribution in [3.8, 4) is 22.9 Å². The first-order valence-electron chi connectivity index (χ1n) is 16.0. The van der Waals surface area contributed by atoms with Gasteiger partial charge in [-0.3, -0.25) is 0 Å². The number of carboxylic acids is 1. The maximum atomic E-state index is 14.1. The highest BCUT2D eigenvalue weighted by Crippen LogP contribution is 2.43. The first-order chi connectivity index (χ1) is 24.1. The Morgan fingerprint density at radius 1 is 1.08 bits per heavy atom. The molecule has 260 valence electrons. The zero-order valence-electron chi connectivity index (χ0n) is 26.9. The molecule has 1 N–H and O–H groups in total. The second-order valence-electron chi connectivity index (χ2n) is 12.5. The number of aliphatic carboxylic acids is 1. The van der Waals surface area contributed by atoms with Crippen molar-refractivity contribution in [1.82, 2.24) is 19.9 Å². The molecular formula is C34H31F3N6O7. The van der Waals surface area contributed by atoms with E-state index in [1.54, 1.807) is 42.7 Å². The number of hydrogen-bond donors (Lipinski definition) is 1. The molecule has 3 saturated heterocycles. The molecular weight excluding hydrogens is 661 g/mol. The maximum absolute atomic E-state index is 14.1. The van der Waals surface area contributed by atoms with Crippen LogP contribution in [0.5, 0.6) is 11.8 Å². The quantitative estimate of drug-likeness (QED) is 0.245. The van der Waals surface area contributed by atoms with Crippen LogP contribution in [0.25, 0.3) is 33.2 Å². The van der Waals surface area contributed by atoms with E-state index in [4.69, 9.17) is 28.3 Å². The van der Waals surface area contributed by atoms with Crippen molar-refractivity contribution < 1.29 is 46.4 Å². The molecule has 1 spiro atoms. The van der Waals surface area contributed by atoms with Crippen LogP contribution in [-0.4, -0.2) is 94.8 Å². The average molecular weight is 693 g/mol. The summed E-state index contributed by atoms with van der Waals surface area (Å²) in [7, 11) is 1.53. The number of nitrogens with zero attached hydrogens (tertiary/aromatic N) is 6. The van der Waals surface area contributed by atoms with E-state index >= 15 is 0 Å². The van der Waals surface area contributed by atoms with Gasteiger partial charge in [0.1, 0.15) is 34.5 Å². The number of carboxylic acid groups (broad SMARTS) is 1. The number of methoxy groups -OCH3 is 1. The highest BCUT2D eigenvalue weighted by molar-refractivity contribution is 6.06. The first-order valence-corrected chi connectivity index (χ1v) is 16.0. The normalized spacial score (nSPS) is 21.9. The maximum Gasteiger partial charge on any atom is 0.451 e. The van der Waals surface area contributed by atoms with E-state index in [1.807, 2.05) is 19.1 Å². The molecule has 13 nitrogen and oxygen atoms in total. The molecule has 5 aromatic rings. The number of carbonyl (C=O) groups is 1. The molecule has 0 bridgehead atoms. The third-order valence-electron chi connectivity index (χ3n) is 9.61. The van der Waals surface area contributed by atoms with Gasteiger partial charge in [-0.1, -0.05) is 12.1 Å². The Labute approximate surface area is 282 Å². The molecule has 3 aliphatic heterocycles. The number of morpholine rings is 1. The number of fused-ring (bicyclic) bond motifs is 3. The van der Waals surface area contributed by atoms with E-state index in [9.17, 15) is 23.1 Å². The number of halogens is 3. The van der Waals surface area contributed by atoms with Crippen LogP contribution in [-0.2, 0) is 20.4 Å². The van der Waals surface area contributed by atoms with Gasteiger partial charge < -0.3 is 38.3 Å². The molecule has 0 radical (unpaired) electrons. The number of pyridine rings is 2. The van der Waals surface area contributed by atoms with Gasteiger partial charge in [0.05, 0.1) is 39.5 Å². The minimum absolute atomic E-state index is 0.0464. The molecule has 3 aliphatic rings. The van der Waals surface area contributed by atoms with Crippen molar-refractivity contribution in [3.05, 3.63) is 60.7 Å². The summed E-state index contributed by atoms with van der Waals surface area (Å²) in [6.07, 6.45) is -2.53. The second-order valence-corrected chi connectivity index (χ2v) is 12.5. The lowest BCUT2D eigenvalue weighted by Gasteiger charge is -2.53. The number of rotatable bonds is 7. The lowest BCUT2D eigenvalue weighted by atomic mass is 9.90. The molecule has 7 heterocycles. The summed E-state index contributed by atoms with van der Waals surface area (Å²) < 4.78 is 71.9. The van der Waals surface area contributed by atoms with Gasteiger partial charge in [-0.25, -0.2) is 24.7 Å². The number of benzene rings is 1. The Morgan fingerprint density at radius 3 is 2.64 bits per heavy atom. The van der Waals surface area contributed by atoms with Crippen molar-refractivity contribution in [2.75, 3.05) is 49.8 Å².